The first kappa shape index (κ1) is 31.9. The summed E-state index contributed by atoms with van der Waals surface area (Å²) in [5.41, 5.74) is 14.5. The van der Waals surface area contributed by atoms with E-state index in [0.717, 1.165) is 35.4 Å². The average Bonchev–Trinajstić information content (AvgIpc) is 3.61. The molecule has 1 saturated heterocycles. The minimum Gasteiger partial charge on any atom is -0.472 e. The fourth-order valence-electron chi connectivity index (χ4n) is 10.8. The number of piperidine rings is 1. The van der Waals surface area contributed by atoms with E-state index in [1.165, 1.54) is 91.2 Å². The molecule has 11 rings (SSSR count). The van der Waals surface area contributed by atoms with E-state index < -0.39 is 5.60 Å². The van der Waals surface area contributed by atoms with Gasteiger partial charge >= 0.3 is 0 Å². The Morgan fingerprint density at radius 2 is 1.20 bits per heavy atom. The van der Waals surface area contributed by atoms with Crippen LogP contribution in [0.25, 0.3) is 49.9 Å². The van der Waals surface area contributed by atoms with Gasteiger partial charge in [0.1, 0.15) is 5.75 Å². The first-order valence-corrected chi connectivity index (χ1v) is 19.9. The molecule has 0 saturated carbocycles. The summed E-state index contributed by atoms with van der Waals surface area (Å²) in [7, 11) is 0. The standard InChI is InChI=1S/C52H45NO/c1-50(2)44-19-11-10-18-42(44)46-39-16-8-9-17-41(39)49-43(48(46)50)28-29-52(54-49,34-21-24-36(25-22-34)53-30-12-5-13-31-53)35-23-27-38-40-26-20-33-14-6-7-15-37(33)47(40)51(3,4)45(38)32-35/h6-11,14-29,32H,5,12-13,30-31H2,1-4H3. The van der Waals surface area contributed by atoms with Crippen molar-refractivity contribution in [3.63, 3.8) is 0 Å². The quantitative estimate of drug-likeness (QED) is 0.182. The molecule has 0 radical (unpaired) electrons. The van der Waals surface area contributed by atoms with Gasteiger partial charge in [-0.2, -0.15) is 0 Å². The maximum absolute atomic E-state index is 7.78. The highest BCUT2D eigenvalue weighted by molar-refractivity contribution is 6.08. The second-order valence-corrected chi connectivity index (χ2v) is 17.1. The maximum Gasteiger partial charge on any atom is 0.178 e. The smallest absolute Gasteiger partial charge is 0.178 e. The summed E-state index contributed by atoms with van der Waals surface area (Å²) in [4.78, 5) is 2.54. The predicted molar refractivity (Wildman–Crippen MR) is 226 cm³/mol. The number of ether oxygens (including phenoxy) is 1. The molecule has 0 spiro atoms. The van der Waals surface area contributed by atoms with Gasteiger partial charge in [0.05, 0.1) is 0 Å². The van der Waals surface area contributed by atoms with Gasteiger partial charge in [0.25, 0.3) is 0 Å². The van der Waals surface area contributed by atoms with Crippen molar-refractivity contribution >= 4 is 33.3 Å². The summed E-state index contributed by atoms with van der Waals surface area (Å²) in [5, 5.41) is 5.05. The fourth-order valence-corrected chi connectivity index (χ4v) is 10.8. The van der Waals surface area contributed by atoms with Crippen LogP contribution in [0.5, 0.6) is 5.75 Å². The largest absolute Gasteiger partial charge is 0.472 e. The molecule has 1 fully saturated rings. The Bertz CT molecular complexity index is 2720. The van der Waals surface area contributed by atoms with Crippen LogP contribution in [0, 0.1) is 0 Å². The summed E-state index contributed by atoms with van der Waals surface area (Å²) in [6, 6.07) is 47.8. The monoisotopic (exact) mass is 699 g/mol. The summed E-state index contributed by atoms with van der Waals surface area (Å²) in [5.74, 6) is 0.974. The van der Waals surface area contributed by atoms with Crippen molar-refractivity contribution in [1.82, 2.24) is 0 Å². The first-order valence-electron chi connectivity index (χ1n) is 19.9. The number of benzene rings is 7. The van der Waals surface area contributed by atoms with E-state index in [1.54, 1.807) is 0 Å². The predicted octanol–water partition coefficient (Wildman–Crippen LogP) is 12.9. The Labute approximate surface area is 318 Å². The molecular weight excluding hydrogens is 655 g/mol. The van der Waals surface area contributed by atoms with E-state index in [0.29, 0.717) is 0 Å². The van der Waals surface area contributed by atoms with Crippen molar-refractivity contribution in [2.45, 2.75) is 63.4 Å². The number of rotatable bonds is 3. The normalized spacial score (nSPS) is 19.9. The minimum absolute atomic E-state index is 0.171. The molecule has 264 valence electrons. The molecule has 0 amide bonds. The Balaban J connectivity index is 1.14. The van der Waals surface area contributed by atoms with Crippen molar-refractivity contribution in [1.29, 1.82) is 0 Å². The van der Waals surface area contributed by atoms with Crippen LogP contribution in [0.15, 0.2) is 133 Å². The van der Waals surface area contributed by atoms with E-state index in [1.807, 2.05) is 0 Å². The van der Waals surface area contributed by atoms with Gasteiger partial charge in [0, 0.05) is 51.7 Å². The molecule has 2 heterocycles. The van der Waals surface area contributed by atoms with E-state index in [2.05, 4.69) is 172 Å². The molecule has 0 N–H and O–H groups in total. The molecule has 0 aromatic heterocycles. The Hall–Kier alpha value is -5.60. The van der Waals surface area contributed by atoms with Crippen molar-refractivity contribution < 1.29 is 4.74 Å². The van der Waals surface area contributed by atoms with Crippen LogP contribution in [0.4, 0.5) is 5.69 Å². The zero-order valence-electron chi connectivity index (χ0n) is 31.7. The second-order valence-electron chi connectivity index (χ2n) is 17.1. The topological polar surface area (TPSA) is 12.5 Å². The van der Waals surface area contributed by atoms with E-state index in [9.17, 15) is 0 Å². The van der Waals surface area contributed by atoms with Crippen molar-refractivity contribution in [2.24, 2.45) is 0 Å². The van der Waals surface area contributed by atoms with Gasteiger partial charge in [0.2, 0.25) is 0 Å². The van der Waals surface area contributed by atoms with Gasteiger partial charge < -0.3 is 9.64 Å². The van der Waals surface area contributed by atoms with Crippen LogP contribution in [-0.4, -0.2) is 13.1 Å². The molecule has 7 aromatic rings. The van der Waals surface area contributed by atoms with Crippen LogP contribution < -0.4 is 9.64 Å². The van der Waals surface area contributed by atoms with Gasteiger partial charge in [-0.05, 0) is 104 Å². The molecule has 1 unspecified atom stereocenters. The molecule has 2 heteroatoms. The molecule has 4 aliphatic rings. The lowest BCUT2D eigenvalue weighted by atomic mass is 9.75. The lowest BCUT2D eigenvalue weighted by Crippen LogP contribution is -2.35. The van der Waals surface area contributed by atoms with Gasteiger partial charge in [0.15, 0.2) is 5.60 Å². The van der Waals surface area contributed by atoms with E-state index in [-0.39, 0.29) is 10.8 Å². The number of fused-ring (bicyclic) bond motifs is 13. The molecule has 1 atom stereocenters. The lowest BCUT2D eigenvalue weighted by molar-refractivity contribution is 0.163. The van der Waals surface area contributed by atoms with Crippen LogP contribution in [-0.2, 0) is 16.4 Å². The van der Waals surface area contributed by atoms with Crippen LogP contribution in [0.3, 0.4) is 0 Å². The molecule has 2 nitrogen and oxygen atoms in total. The van der Waals surface area contributed by atoms with E-state index in [4.69, 9.17) is 4.74 Å². The highest BCUT2D eigenvalue weighted by Gasteiger charge is 2.45. The third-order valence-electron chi connectivity index (χ3n) is 13.4. The maximum atomic E-state index is 7.78. The van der Waals surface area contributed by atoms with Gasteiger partial charge in [-0.15, -0.1) is 0 Å². The van der Waals surface area contributed by atoms with Gasteiger partial charge in [-0.1, -0.05) is 143 Å². The van der Waals surface area contributed by atoms with Crippen LogP contribution >= 0.6 is 0 Å². The Kier molecular flexibility index (Phi) is 6.62. The number of hydrogen-bond acceptors (Lipinski definition) is 2. The molecule has 7 aromatic carbocycles. The Morgan fingerprint density at radius 3 is 2.02 bits per heavy atom. The highest BCUT2D eigenvalue weighted by Crippen LogP contribution is 2.59. The highest BCUT2D eigenvalue weighted by atomic mass is 16.5. The molecule has 2 aliphatic carbocycles. The summed E-state index contributed by atoms with van der Waals surface area (Å²) in [6.45, 7) is 11.8. The zero-order valence-corrected chi connectivity index (χ0v) is 31.7. The van der Waals surface area contributed by atoms with E-state index >= 15 is 0 Å². The number of hydrogen-bond donors (Lipinski definition) is 0. The molecule has 54 heavy (non-hydrogen) atoms. The number of anilines is 1. The number of nitrogens with zero attached hydrogens (tertiary/aromatic N) is 1. The molecular formula is C52H45NO. The van der Waals surface area contributed by atoms with Gasteiger partial charge in [-0.3, -0.25) is 0 Å². The first-order chi connectivity index (χ1) is 26.3. The zero-order chi connectivity index (χ0) is 36.4. The second kappa shape index (κ2) is 11.2. The lowest BCUT2D eigenvalue weighted by Gasteiger charge is -2.39. The van der Waals surface area contributed by atoms with Crippen molar-refractivity contribution in [3.05, 3.63) is 172 Å². The minimum atomic E-state index is -0.831. The average molecular weight is 700 g/mol. The summed E-state index contributed by atoms with van der Waals surface area (Å²) >= 11 is 0. The third kappa shape index (κ3) is 4.23. The van der Waals surface area contributed by atoms with Crippen LogP contribution in [0.2, 0.25) is 0 Å². The van der Waals surface area contributed by atoms with Crippen molar-refractivity contribution in [2.75, 3.05) is 18.0 Å². The van der Waals surface area contributed by atoms with Gasteiger partial charge in [-0.25, -0.2) is 0 Å². The summed E-state index contributed by atoms with van der Waals surface area (Å²) < 4.78 is 7.78. The summed E-state index contributed by atoms with van der Waals surface area (Å²) in [6.07, 6.45) is 8.61. The van der Waals surface area contributed by atoms with Crippen molar-refractivity contribution in [3.8, 4) is 28.0 Å². The molecule has 2 aliphatic heterocycles. The third-order valence-corrected chi connectivity index (χ3v) is 13.4. The Morgan fingerprint density at radius 1 is 0.537 bits per heavy atom. The molecule has 0 bridgehead atoms. The van der Waals surface area contributed by atoms with Crippen LogP contribution in [0.1, 0.15) is 85.9 Å². The SMILES string of the molecule is CC1(C)c2ccccc2-c2c1c1c(c3ccccc23)OC(c2ccc(N3CCCCC3)cc2)(c2ccc3c(c2)C(C)(C)c2c-3ccc3ccccc23)C=C1. The fraction of sp³-hybridized carbons (Fsp3) is 0.231.